The van der Waals surface area contributed by atoms with Crippen molar-refractivity contribution in [3.63, 3.8) is 0 Å². The van der Waals surface area contributed by atoms with E-state index >= 15 is 0 Å². The second-order valence-corrected chi connectivity index (χ2v) is 6.08. The summed E-state index contributed by atoms with van der Waals surface area (Å²) in [6.45, 7) is 2.90. The van der Waals surface area contributed by atoms with Crippen molar-refractivity contribution in [3.8, 4) is 0 Å². The zero-order valence-corrected chi connectivity index (χ0v) is 13.6. The first-order valence-electron chi connectivity index (χ1n) is 7.26. The smallest absolute Gasteiger partial charge is 0.410 e. The maximum absolute atomic E-state index is 12.2. The average Bonchev–Trinajstić information content (AvgIpc) is 2.96. The molecule has 2 N–H and O–H groups in total. The number of carbonyl (C=O) groups excluding carboxylic acids is 2. The molecule has 1 aromatic rings. The Morgan fingerprint density at radius 3 is 3.00 bits per heavy atom. The summed E-state index contributed by atoms with van der Waals surface area (Å²) in [5, 5.41) is 10.3. The van der Waals surface area contributed by atoms with Gasteiger partial charge in [0.1, 0.15) is 11.9 Å². The number of rotatable bonds is 5. The fourth-order valence-corrected chi connectivity index (χ4v) is 3.06. The van der Waals surface area contributed by atoms with E-state index in [1.807, 2.05) is 6.92 Å². The number of carbonyl (C=O) groups is 2. The Bertz CT molecular complexity index is 522. The molecule has 0 saturated carbocycles. The number of likely N-dealkylation sites (tertiary alicyclic amines) is 1. The van der Waals surface area contributed by atoms with Crippen molar-refractivity contribution in [2.24, 2.45) is 0 Å². The highest BCUT2D eigenvalue weighted by molar-refractivity contribution is 7.99. The minimum absolute atomic E-state index is 0.128. The molecule has 1 unspecified atom stereocenters. The van der Waals surface area contributed by atoms with E-state index in [0.717, 1.165) is 18.7 Å². The predicted octanol–water partition coefficient (Wildman–Crippen LogP) is 0.942. The van der Waals surface area contributed by atoms with Gasteiger partial charge in [-0.05, 0) is 26.2 Å². The molecule has 1 aliphatic heterocycles. The van der Waals surface area contributed by atoms with Crippen molar-refractivity contribution in [1.82, 2.24) is 25.4 Å². The monoisotopic (exact) mass is 327 g/mol. The number of thioether (sulfide) groups is 1. The fourth-order valence-electron chi connectivity index (χ4n) is 2.36. The van der Waals surface area contributed by atoms with E-state index in [4.69, 9.17) is 4.74 Å². The van der Waals surface area contributed by atoms with Crippen LogP contribution in [-0.2, 0) is 9.53 Å². The number of aromatic amines is 1. The van der Waals surface area contributed by atoms with Crippen LogP contribution in [0.1, 0.15) is 25.1 Å². The van der Waals surface area contributed by atoms with E-state index in [9.17, 15) is 9.59 Å². The van der Waals surface area contributed by atoms with Gasteiger partial charge < -0.3 is 10.1 Å². The highest BCUT2D eigenvalue weighted by atomic mass is 32.2. The van der Waals surface area contributed by atoms with E-state index in [0.29, 0.717) is 30.4 Å². The Balaban J connectivity index is 1.76. The summed E-state index contributed by atoms with van der Waals surface area (Å²) < 4.78 is 4.74. The van der Waals surface area contributed by atoms with E-state index in [1.54, 1.807) is 0 Å². The molecule has 0 radical (unpaired) electrons. The number of aryl methyl sites for hydroxylation is 1. The van der Waals surface area contributed by atoms with Crippen molar-refractivity contribution in [2.75, 3.05) is 26.0 Å². The van der Waals surface area contributed by atoms with Gasteiger partial charge in [-0.3, -0.25) is 14.8 Å². The van der Waals surface area contributed by atoms with Gasteiger partial charge in [-0.1, -0.05) is 11.8 Å². The van der Waals surface area contributed by atoms with E-state index in [1.165, 1.54) is 23.8 Å². The standard InChI is InChI=1S/C13H21N5O3S/c1-9-15-12(17-16-9)22-8-6-14-11(19)10-5-3-4-7-18(10)13(20)21-2/h10H,3-8H2,1-2H3,(H,14,19)(H,15,16,17). The van der Waals surface area contributed by atoms with Crippen LogP contribution in [0.4, 0.5) is 4.79 Å². The molecule has 0 aliphatic carbocycles. The van der Waals surface area contributed by atoms with Gasteiger partial charge in [0.15, 0.2) is 0 Å². The van der Waals surface area contributed by atoms with Crippen LogP contribution in [-0.4, -0.2) is 64.1 Å². The van der Waals surface area contributed by atoms with Crippen molar-refractivity contribution < 1.29 is 14.3 Å². The SMILES string of the molecule is COC(=O)N1CCCCC1C(=O)NCCSc1n[nH]c(C)n1. The number of methoxy groups -OCH3 is 1. The third-order valence-electron chi connectivity index (χ3n) is 3.42. The Hall–Kier alpha value is -1.77. The molecule has 9 heteroatoms. The minimum atomic E-state index is -0.439. The van der Waals surface area contributed by atoms with Crippen LogP contribution in [0.5, 0.6) is 0 Å². The number of ether oxygens (including phenoxy) is 1. The lowest BCUT2D eigenvalue weighted by atomic mass is 10.0. The summed E-state index contributed by atoms with van der Waals surface area (Å²) in [6, 6.07) is -0.433. The lowest BCUT2D eigenvalue weighted by molar-refractivity contribution is -0.126. The van der Waals surface area contributed by atoms with Crippen molar-refractivity contribution >= 4 is 23.8 Å². The average molecular weight is 327 g/mol. The maximum Gasteiger partial charge on any atom is 0.410 e. The van der Waals surface area contributed by atoms with Crippen LogP contribution in [0.3, 0.4) is 0 Å². The molecule has 0 aromatic carbocycles. The molecule has 8 nitrogen and oxygen atoms in total. The highest BCUT2D eigenvalue weighted by Gasteiger charge is 2.32. The summed E-state index contributed by atoms with van der Waals surface area (Å²) in [5.74, 6) is 1.31. The third kappa shape index (κ3) is 4.36. The Morgan fingerprint density at radius 2 is 2.32 bits per heavy atom. The number of H-pyrrole nitrogens is 1. The number of nitrogens with one attached hydrogen (secondary N) is 2. The fraction of sp³-hybridized carbons (Fsp3) is 0.692. The zero-order chi connectivity index (χ0) is 15.9. The molecule has 1 aromatic heterocycles. The van der Waals surface area contributed by atoms with Gasteiger partial charge in [0.25, 0.3) is 0 Å². The molecule has 0 bridgehead atoms. The van der Waals surface area contributed by atoms with Crippen molar-refractivity contribution in [2.45, 2.75) is 37.4 Å². The zero-order valence-electron chi connectivity index (χ0n) is 12.8. The molecule has 122 valence electrons. The molecule has 1 aliphatic rings. The van der Waals surface area contributed by atoms with Crippen molar-refractivity contribution in [3.05, 3.63) is 5.82 Å². The van der Waals surface area contributed by atoms with Gasteiger partial charge >= 0.3 is 6.09 Å². The van der Waals surface area contributed by atoms with Crippen LogP contribution in [0, 0.1) is 6.92 Å². The highest BCUT2D eigenvalue weighted by Crippen LogP contribution is 2.18. The molecule has 1 atom stereocenters. The summed E-state index contributed by atoms with van der Waals surface area (Å²) in [5.41, 5.74) is 0. The first-order valence-corrected chi connectivity index (χ1v) is 8.24. The normalized spacial score (nSPS) is 18.1. The quantitative estimate of drug-likeness (QED) is 0.617. The van der Waals surface area contributed by atoms with E-state index in [2.05, 4.69) is 20.5 Å². The molecule has 22 heavy (non-hydrogen) atoms. The second kappa shape index (κ2) is 8.02. The summed E-state index contributed by atoms with van der Waals surface area (Å²) in [6.07, 6.45) is 2.08. The molecule has 2 amide bonds. The maximum atomic E-state index is 12.2. The molecule has 2 rings (SSSR count). The number of nitrogens with zero attached hydrogens (tertiary/aromatic N) is 3. The van der Waals surface area contributed by atoms with Crippen LogP contribution >= 0.6 is 11.8 Å². The lowest BCUT2D eigenvalue weighted by Crippen LogP contribution is -2.52. The Labute approximate surface area is 133 Å². The van der Waals surface area contributed by atoms with Gasteiger partial charge in [0, 0.05) is 18.8 Å². The number of piperidine rings is 1. The topological polar surface area (TPSA) is 100 Å². The van der Waals surface area contributed by atoms with Gasteiger partial charge in [-0.15, -0.1) is 5.10 Å². The number of hydrogen-bond acceptors (Lipinski definition) is 6. The lowest BCUT2D eigenvalue weighted by Gasteiger charge is -2.33. The minimum Gasteiger partial charge on any atom is -0.453 e. The Kier molecular flexibility index (Phi) is 6.05. The number of aromatic nitrogens is 3. The summed E-state index contributed by atoms with van der Waals surface area (Å²) in [4.78, 5) is 29.6. The third-order valence-corrected chi connectivity index (χ3v) is 4.27. The Morgan fingerprint density at radius 1 is 1.50 bits per heavy atom. The molecule has 2 heterocycles. The van der Waals surface area contributed by atoms with Crippen LogP contribution in [0.2, 0.25) is 0 Å². The predicted molar refractivity (Wildman–Crippen MR) is 81.6 cm³/mol. The van der Waals surface area contributed by atoms with E-state index < -0.39 is 12.1 Å². The first kappa shape index (κ1) is 16.6. The molecule has 1 fully saturated rings. The van der Waals surface area contributed by atoms with E-state index in [-0.39, 0.29) is 5.91 Å². The van der Waals surface area contributed by atoms with Gasteiger partial charge in [0.05, 0.1) is 7.11 Å². The number of hydrogen-bond donors (Lipinski definition) is 2. The molecule has 0 spiro atoms. The molecular formula is C13H21N5O3S. The summed E-state index contributed by atoms with van der Waals surface area (Å²) in [7, 11) is 1.33. The second-order valence-electron chi connectivity index (χ2n) is 5.02. The van der Waals surface area contributed by atoms with Gasteiger partial charge in [0.2, 0.25) is 11.1 Å². The largest absolute Gasteiger partial charge is 0.453 e. The van der Waals surface area contributed by atoms with Crippen LogP contribution < -0.4 is 5.32 Å². The molecular weight excluding hydrogens is 306 g/mol. The van der Waals surface area contributed by atoms with Gasteiger partial charge in [-0.2, -0.15) is 0 Å². The number of amides is 2. The van der Waals surface area contributed by atoms with Crippen molar-refractivity contribution in [1.29, 1.82) is 0 Å². The van der Waals surface area contributed by atoms with Crippen LogP contribution in [0.15, 0.2) is 5.16 Å². The first-order chi connectivity index (χ1) is 10.6. The van der Waals surface area contributed by atoms with Crippen LogP contribution in [0.25, 0.3) is 0 Å². The summed E-state index contributed by atoms with van der Waals surface area (Å²) >= 11 is 1.47. The van der Waals surface area contributed by atoms with Gasteiger partial charge in [-0.25, -0.2) is 9.78 Å². The molecule has 1 saturated heterocycles.